The van der Waals surface area contributed by atoms with Crippen molar-refractivity contribution in [2.24, 2.45) is 0 Å². The number of ether oxygens (including phenoxy) is 1. The van der Waals surface area contributed by atoms with Gasteiger partial charge in [-0.25, -0.2) is 12.7 Å². The molecule has 0 aromatic heterocycles. The van der Waals surface area contributed by atoms with Crippen LogP contribution in [-0.2, 0) is 19.6 Å². The third kappa shape index (κ3) is 7.30. The normalized spacial score (nSPS) is 12.8. The molecule has 1 N–H and O–H groups in total. The molecule has 0 aliphatic rings. The summed E-state index contributed by atoms with van der Waals surface area (Å²) in [7, 11) is -2.16. The van der Waals surface area contributed by atoms with Crippen LogP contribution >= 0.6 is 0 Å². The summed E-state index contributed by atoms with van der Waals surface area (Å²) >= 11 is 0. The zero-order valence-corrected chi connectivity index (χ0v) is 11.6. The largest absolute Gasteiger partial charge is 0.466 e. The van der Waals surface area contributed by atoms with Crippen LogP contribution in [-0.4, -0.2) is 55.4 Å². The van der Waals surface area contributed by atoms with Gasteiger partial charge >= 0.3 is 5.97 Å². The van der Waals surface area contributed by atoms with Crippen LogP contribution in [0.2, 0.25) is 0 Å². The second-order valence-electron chi connectivity index (χ2n) is 4.44. The first-order valence-corrected chi connectivity index (χ1v) is 7.01. The number of carbonyl (C=O) groups is 1. The maximum absolute atomic E-state index is 11.7. The third-order valence-corrected chi connectivity index (χ3v) is 3.75. The number of esters is 1. The van der Waals surface area contributed by atoms with Crippen molar-refractivity contribution in [3.63, 3.8) is 0 Å². The average Bonchev–Trinajstić information content (AvgIpc) is 2.12. The Labute approximate surface area is 103 Å². The molecule has 0 aliphatic carbocycles. The number of rotatable bonds is 7. The fourth-order valence-corrected chi connectivity index (χ4v) is 2.49. The molecule has 0 unspecified atom stereocenters. The molecule has 0 heterocycles. The molecular weight excluding hydrogens is 246 g/mol. The Hall–Kier alpha value is -0.660. The Morgan fingerprint density at radius 2 is 1.94 bits per heavy atom. The molecule has 0 atom stereocenters. The van der Waals surface area contributed by atoms with Crippen molar-refractivity contribution >= 4 is 16.0 Å². The summed E-state index contributed by atoms with van der Waals surface area (Å²) in [6, 6.07) is 0. The quantitative estimate of drug-likeness (QED) is 0.655. The lowest BCUT2D eigenvalue weighted by Crippen LogP contribution is -2.41. The van der Waals surface area contributed by atoms with E-state index in [4.69, 9.17) is 0 Å². The highest BCUT2D eigenvalue weighted by Crippen LogP contribution is 2.08. The zero-order chi connectivity index (χ0) is 13.7. The van der Waals surface area contributed by atoms with Crippen molar-refractivity contribution in [1.82, 2.24) is 4.31 Å². The Morgan fingerprint density at radius 1 is 1.41 bits per heavy atom. The Kier molecular flexibility index (Phi) is 6.08. The predicted octanol–water partition coefficient (Wildman–Crippen LogP) is -0.0279. The molecule has 6 nitrogen and oxygen atoms in total. The Bertz CT molecular complexity index is 344. The van der Waals surface area contributed by atoms with E-state index in [0.29, 0.717) is 0 Å². The number of carbonyl (C=O) groups excluding carboxylic acids is 1. The number of nitrogens with zero attached hydrogens (tertiary/aromatic N) is 1. The molecule has 0 rings (SSSR count). The molecule has 0 bridgehead atoms. The van der Waals surface area contributed by atoms with Gasteiger partial charge in [-0.3, -0.25) is 4.79 Å². The predicted molar refractivity (Wildman–Crippen MR) is 64.0 cm³/mol. The minimum absolute atomic E-state index is 0.0157. The van der Waals surface area contributed by atoms with E-state index >= 15 is 0 Å². The highest BCUT2D eigenvalue weighted by atomic mass is 32.2. The molecular formula is C10H21NO5S. The Morgan fingerprint density at radius 3 is 2.35 bits per heavy atom. The van der Waals surface area contributed by atoms with Crippen molar-refractivity contribution in [3.8, 4) is 0 Å². The number of likely N-dealkylation sites (N-methyl/N-ethyl adjacent to an activating group) is 1. The van der Waals surface area contributed by atoms with Crippen molar-refractivity contribution in [2.45, 2.75) is 32.8 Å². The monoisotopic (exact) mass is 267 g/mol. The van der Waals surface area contributed by atoms with E-state index in [1.807, 2.05) is 0 Å². The second-order valence-corrected chi connectivity index (χ2v) is 6.63. The first kappa shape index (κ1) is 16.3. The van der Waals surface area contributed by atoms with Gasteiger partial charge in [0.2, 0.25) is 10.0 Å². The second kappa shape index (κ2) is 6.32. The Balaban J connectivity index is 4.34. The first-order chi connectivity index (χ1) is 7.58. The summed E-state index contributed by atoms with van der Waals surface area (Å²) in [5.74, 6) is -0.842. The average molecular weight is 267 g/mol. The van der Waals surface area contributed by atoms with E-state index < -0.39 is 21.6 Å². The molecule has 102 valence electrons. The van der Waals surface area contributed by atoms with Crippen LogP contribution in [0.3, 0.4) is 0 Å². The lowest BCUT2D eigenvalue weighted by atomic mass is 10.1. The van der Waals surface area contributed by atoms with Crippen molar-refractivity contribution < 1.29 is 23.1 Å². The van der Waals surface area contributed by atoms with Crippen LogP contribution in [0.1, 0.15) is 27.2 Å². The van der Waals surface area contributed by atoms with Gasteiger partial charge in [-0.1, -0.05) is 0 Å². The summed E-state index contributed by atoms with van der Waals surface area (Å²) in [6.45, 7) is 4.91. The van der Waals surface area contributed by atoms with Crippen LogP contribution < -0.4 is 0 Å². The summed E-state index contributed by atoms with van der Waals surface area (Å²) in [5.41, 5.74) is -1.11. The van der Waals surface area contributed by atoms with E-state index in [9.17, 15) is 18.3 Å². The minimum atomic E-state index is -3.53. The van der Waals surface area contributed by atoms with Gasteiger partial charge in [0, 0.05) is 13.6 Å². The molecule has 7 heteroatoms. The molecule has 0 saturated heterocycles. The molecule has 0 spiro atoms. The maximum atomic E-state index is 11.7. The van der Waals surface area contributed by atoms with Crippen LogP contribution in [0.25, 0.3) is 0 Å². The minimum Gasteiger partial charge on any atom is -0.466 e. The summed E-state index contributed by atoms with van der Waals surface area (Å²) in [4.78, 5) is 11.0. The lowest BCUT2D eigenvalue weighted by molar-refractivity contribution is -0.142. The highest BCUT2D eigenvalue weighted by molar-refractivity contribution is 7.89. The zero-order valence-electron chi connectivity index (χ0n) is 10.8. The fourth-order valence-electron chi connectivity index (χ4n) is 1.24. The molecule has 0 fully saturated rings. The fraction of sp³-hybridized carbons (Fsp3) is 0.900. The maximum Gasteiger partial charge on any atom is 0.306 e. The molecule has 0 aliphatic heterocycles. The van der Waals surface area contributed by atoms with Gasteiger partial charge in [0.15, 0.2) is 0 Å². The van der Waals surface area contributed by atoms with Crippen LogP contribution in [0.15, 0.2) is 0 Å². The van der Waals surface area contributed by atoms with Gasteiger partial charge in [-0.2, -0.15) is 0 Å². The van der Waals surface area contributed by atoms with E-state index in [0.717, 1.165) is 4.31 Å². The SMILES string of the molecule is CCOC(=O)CCS(=O)(=O)N(C)CC(C)(C)O. The number of hydrogen-bond donors (Lipinski definition) is 1. The van der Waals surface area contributed by atoms with Crippen LogP contribution in [0, 0.1) is 0 Å². The number of aliphatic hydroxyl groups is 1. The van der Waals surface area contributed by atoms with Gasteiger partial charge in [-0.15, -0.1) is 0 Å². The van der Waals surface area contributed by atoms with E-state index in [-0.39, 0.29) is 25.3 Å². The third-order valence-electron chi connectivity index (χ3n) is 1.95. The van der Waals surface area contributed by atoms with Crippen molar-refractivity contribution in [3.05, 3.63) is 0 Å². The summed E-state index contributed by atoms with van der Waals surface area (Å²) < 4.78 is 29.1. The topological polar surface area (TPSA) is 83.9 Å². The van der Waals surface area contributed by atoms with E-state index in [2.05, 4.69) is 4.74 Å². The van der Waals surface area contributed by atoms with Crippen LogP contribution in [0.4, 0.5) is 0 Å². The molecule has 0 radical (unpaired) electrons. The van der Waals surface area contributed by atoms with E-state index in [1.165, 1.54) is 20.9 Å². The molecule has 0 amide bonds. The first-order valence-electron chi connectivity index (χ1n) is 5.40. The molecule has 0 aromatic rings. The van der Waals surface area contributed by atoms with Crippen molar-refractivity contribution in [2.75, 3.05) is 26.0 Å². The standard InChI is InChI=1S/C10H21NO5S/c1-5-16-9(12)6-7-17(14,15)11(4)8-10(2,3)13/h13H,5-8H2,1-4H3. The molecule has 0 aromatic carbocycles. The smallest absolute Gasteiger partial charge is 0.306 e. The van der Waals surface area contributed by atoms with Gasteiger partial charge < -0.3 is 9.84 Å². The summed E-state index contributed by atoms with van der Waals surface area (Å²) in [5, 5.41) is 9.52. The lowest BCUT2D eigenvalue weighted by Gasteiger charge is -2.24. The summed E-state index contributed by atoms with van der Waals surface area (Å²) in [6.07, 6.45) is -0.174. The number of sulfonamides is 1. The van der Waals surface area contributed by atoms with Crippen molar-refractivity contribution in [1.29, 1.82) is 0 Å². The highest BCUT2D eigenvalue weighted by Gasteiger charge is 2.25. The molecule has 17 heavy (non-hydrogen) atoms. The van der Waals surface area contributed by atoms with E-state index in [1.54, 1.807) is 6.92 Å². The van der Waals surface area contributed by atoms with Gasteiger partial charge in [0.1, 0.15) is 0 Å². The number of hydrogen-bond acceptors (Lipinski definition) is 5. The molecule has 0 saturated carbocycles. The van der Waals surface area contributed by atoms with Gasteiger partial charge in [0.25, 0.3) is 0 Å². The van der Waals surface area contributed by atoms with Crippen LogP contribution in [0.5, 0.6) is 0 Å². The van der Waals surface area contributed by atoms with Gasteiger partial charge in [0.05, 0.1) is 24.4 Å². The van der Waals surface area contributed by atoms with Gasteiger partial charge in [-0.05, 0) is 20.8 Å².